The minimum Gasteiger partial charge on any atom is -0.433 e. The van der Waals surface area contributed by atoms with Gasteiger partial charge in [-0.3, -0.25) is 15.1 Å². The van der Waals surface area contributed by atoms with E-state index in [0.29, 0.717) is 0 Å². The number of nitro benzene ring substituents is 1. The molecule has 31 heavy (non-hydrogen) atoms. The zero-order valence-corrected chi connectivity index (χ0v) is 18.1. The first-order chi connectivity index (χ1) is 14.8. The molecule has 0 fully saturated rings. The van der Waals surface area contributed by atoms with Crippen LogP contribution in [0.15, 0.2) is 24.3 Å². The lowest BCUT2D eigenvalue weighted by molar-refractivity contribution is -0.384. The summed E-state index contributed by atoms with van der Waals surface area (Å²) in [6.45, 7) is 2.90. The van der Waals surface area contributed by atoms with E-state index >= 15 is 0 Å². The van der Waals surface area contributed by atoms with Crippen LogP contribution in [-0.4, -0.2) is 47.2 Å². The number of aryl methyl sites for hydroxylation is 2. The monoisotopic (exact) mass is 472 g/mol. The third-order valence-electron chi connectivity index (χ3n) is 3.76. The molecule has 1 aromatic heterocycles. The summed E-state index contributed by atoms with van der Waals surface area (Å²) in [5.74, 6) is -0.103. The molecule has 0 N–H and O–H groups in total. The van der Waals surface area contributed by atoms with Gasteiger partial charge in [-0.05, 0) is 19.4 Å². The van der Waals surface area contributed by atoms with Crippen molar-refractivity contribution in [3.8, 4) is 22.6 Å². The van der Waals surface area contributed by atoms with Crippen molar-refractivity contribution in [2.75, 3.05) is 25.0 Å². The second-order valence-electron chi connectivity index (χ2n) is 5.90. The van der Waals surface area contributed by atoms with E-state index in [2.05, 4.69) is 4.98 Å². The van der Waals surface area contributed by atoms with Gasteiger partial charge in [0, 0.05) is 12.1 Å². The molecule has 0 saturated carbocycles. The highest BCUT2D eigenvalue weighted by Gasteiger charge is 2.26. The van der Waals surface area contributed by atoms with Crippen molar-refractivity contribution in [3.05, 3.63) is 45.8 Å². The highest BCUT2D eigenvalue weighted by atomic mass is 35.5. The Kier molecular flexibility index (Phi) is 8.83. The van der Waals surface area contributed by atoms with Crippen LogP contribution in [0.1, 0.15) is 11.4 Å². The molecule has 0 spiro atoms. The Morgan fingerprint density at radius 1 is 1.00 bits per heavy atom. The quantitative estimate of drug-likeness (QED) is 0.230. The van der Waals surface area contributed by atoms with Crippen LogP contribution in [0.3, 0.4) is 0 Å². The third kappa shape index (κ3) is 6.43. The van der Waals surface area contributed by atoms with Gasteiger partial charge in [0.25, 0.3) is 5.69 Å². The van der Waals surface area contributed by atoms with E-state index in [4.69, 9.17) is 42.1 Å². The second-order valence-corrected chi connectivity index (χ2v) is 6.66. The van der Waals surface area contributed by atoms with Gasteiger partial charge in [-0.1, -0.05) is 12.1 Å². The molecule has 2 aromatic rings. The Morgan fingerprint density at radius 2 is 1.52 bits per heavy atom. The molecule has 0 unspecified atom stereocenters. The maximum atomic E-state index is 12.1. The number of aromatic nitrogens is 1. The van der Waals surface area contributed by atoms with E-state index < -0.39 is 17.2 Å². The number of rotatable bonds is 8. The van der Waals surface area contributed by atoms with E-state index in [1.54, 1.807) is 13.8 Å². The summed E-state index contributed by atoms with van der Waals surface area (Å²) >= 11 is 11.0. The number of benzene rings is 1. The van der Waals surface area contributed by atoms with Crippen molar-refractivity contribution in [1.29, 1.82) is 0 Å². The first kappa shape index (κ1) is 24.2. The molecule has 10 nitrogen and oxygen atoms in total. The number of pyridine rings is 1. The van der Waals surface area contributed by atoms with Crippen LogP contribution in [0.25, 0.3) is 11.1 Å². The average molecular weight is 473 g/mol. The van der Waals surface area contributed by atoms with Crippen LogP contribution in [0.4, 0.5) is 15.3 Å². The fourth-order valence-corrected chi connectivity index (χ4v) is 2.73. The van der Waals surface area contributed by atoms with E-state index in [9.17, 15) is 19.7 Å². The van der Waals surface area contributed by atoms with Crippen LogP contribution < -0.4 is 9.47 Å². The molecule has 0 amide bonds. The molecule has 0 saturated heterocycles. The molecule has 0 radical (unpaired) electrons. The Labute approximate surface area is 187 Å². The van der Waals surface area contributed by atoms with Gasteiger partial charge in [0.15, 0.2) is 11.5 Å². The van der Waals surface area contributed by atoms with Crippen LogP contribution >= 0.6 is 23.2 Å². The summed E-state index contributed by atoms with van der Waals surface area (Å²) in [7, 11) is 0. The molecule has 166 valence electrons. The van der Waals surface area contributed by atoms with Gasteiger partial charge < -0.3 is 18.9 Å². The Bertz CT molecular complexity index is 937. The minimum absolute atomic E-state index is 0.0543. The fraction of sp³-hybridized carbons (Fsp3) is 0.316. The predicted molar refractivity (Wildman–Crippen MR) is 111 cm³/mol. The Morgan fingerprint density at radius 3 is 1.97 bits per heavy atom. The highest BCUT2D eigenvalue weighted by Crippen LogP contribution is 2.43. The first-order valence-corrected chi connectivity index (χ1v) is 9.92. The van der Waals surface area contributed by atoms with Gasteiger partial charge in [0.1, 0.15) is 13.2 Å². The Balaban J connectivity index is 2.64. The summed E-state index contributed by atoms with van der Waals surface area (Å²) in [4.78, 5) is 39.0. The highest BCUT2D eigenvalue weighted by molar-refractivity contribution is 6.18. The van der Waals surface area contributed by atoms with Crippen molar-refractivity contribution in [2.45, 2.75) is 13.8 Å². The largest absolute Gasteiger partial charge is 0.513 e. The lowest BCUT2D eigenvalue weighted by Crippen LogP contribution is -2.17. The number of alkyl halides is 2. The summed E-state index contributed by atoms with van der Waals surface area (Å²) < 4.78 is 20.2. The molecular weight excluding hydrogens is 455 g/mol. The summed E-state index contributed by atoms with van der Waals surface area (Å²) in [5, 5.41) is 11.2. The topological polar surface area (TPSA) is 127 Å². The molecule has 1 aromatic carbocycles. The van der Waals surface area contributed by atoms with E-state index in [-0.39, 0.29) is 64.7 Å². The zero-order valence-electron chi connectivity index (χ0n) is 16.6. The fourth-order valence-electron chi connectivity index (χ4n) is 2.57. The Hall–Kier alpha value is -3.11. The van der Waals surface area contributed by atoms with Crippen molar-refractivity contribution in [3.63, 3.8) is 0 Å². The van der Waals surface area contributed by atoms with Gasteiger partial charge in [-0.25, -0.2) is 9.59 Å². The van der Waals surface area contributed by atoms with Gasteiger partial charge in [0.05, 0.1) is 33.6 Å². The average Bonchev–Trinajstić information content (AvgIpc) is 2.74. The summed E-state index contributed by atoms with van der Waals surface area (Å²) in [6, 6.07) is 5.48. The number of hydrogen-bond acceptors (Lipinski definition) is 9. The van der Waals surface area contributed by atoms with Gasteiger partial charge in [-0.2, -0.15) is 0 Å². The molecule has 0 aliphatic carbocycles. The van der Waals surface area contributed by atoms with Crippen molar-refractivity contribution in [2.24, 2.45) is 0 Å². The van der Waals surface area contributed by atoms with E-state index in [1.807, 2.05) is 0 Å². The number of non-ortho nitro benzene ring substituents is 1. The number of ether oxygens (including phenoxy) is 4. The summed E-state index contributed by atoms with van der Waals surface area (Å²) in [6.07, 6.45) is -2.14. The SMILES string of the molecule is Cc1nc(C)c(OC(=O)OCCCl)c(-c2cccc([N+](=O)[O-])c2)c1OC(=O)OCCCl. The third-order valence-corrected chi connectivity index (χ3v) is 4.07. The number of carbonyl (C=O) groups excluding carboxylic acids is 2. The number of carbonyl (C=O) groups is 2. The van der Waals surface area contributed by atoms with Crippen LogP contribution in [0.2, 0.25) is 0 Å². The maximum Gasteiger partial charge on any atom is 0.513 e. The molecule has 0 aliphatic rings. The van der Waals surface area contributed by atoms with Crippen molar-refractivity contribution in [1.82, 2.24) is 4.98 Å². The molecule has 12 heteroatoms. The number of hydrogen-bond donors (Lipinski definition) is 0. The first-order valence-electron chi connectivity index (χ1n) is 8.85. The molecule has 0 aliphatic heterocycles. The number of nitrogens with zero attached hydrogens (tertiary/aromatic N) is 2. The smallest absolute Gasteiger partial charge is 0.433 e. The minimum atomic E-state index is -1.07. The van der Waals surface area contributed by atoms with Gasteiger partial charge >= 0.3 is 12.3 Å². The summed E-state index contributed by atoms with van der Waals surface area (Å²) in [5.41, 5.74) is 0.602. The number of halogens is 2. The van der Waals surface area contributed by atoms with Crippen LogP contribution in [-0.2, 0) is 9.47 Å². The second kappa shape index (κ2) is 11.3. The zero-order chi connectivity index (χ0) is 23.0. The normalized spacial score (nSPS) is 10.3. The van der Waals surface area contributed by atoms with Crippen molar-refractivity contribution >= 4 is 41.2 Å². The molecule has 2 rings (SSSR count). The van der Waals surface area contributed by atoms with Crippen LogP contribution in [0.5, 0.6) is 11.5 Å². The molecular formula is C19H18Cl2N2O8. The van der Waals surface area contributed by atoms with Crippen LogP contribution in [0, 0.1) is 24.0 Å². The van der Waals surface area contributed by atoms with E-state index in [1.165, 1.54) is 24.3 Å². The van der Waals surface area contributed by atoms with Gasteiger partial charge in [-0.15, -0.1) is 23.2 Å². The molecule has 0 bridgehead atoms. The molecule has 0 atom stereocenters. The van der Waals surface area contributed by atoms with E-state index in [0.717, 1.165) is 0 Å². The standard InChI is InChI=1S/C19H18Cl2N2O8/c1-11-16(30-18(24)28-8-6-20)15(13-4-3-5-14(10-13)23(26)27)17(12(2)22-11)31-19(25)29-9-7-21/h3-5,10H,6-9H2,1-2H3. The predicted octanol–water partition coefficient (Wildman–Crippen LogP) is 4.78. The molecule has 1 heterocycles. The van der Waals surface area contributed by atoms with Crippen molar-refractivity contribution < 1.29 is 33.5 Å². The lowest BCUT2D eigenvalue weighted by atomic mass is 10.0. The lowest BCUT2D eigenvalue weighted by Gasteiger charge is -2.18. The number of nitro groups is 1. The maximum absolute atomic E-state index is 12.1. The van der Waals surface area contributed by atoms with Gasteiger partial charge in [0.2, 0.25) is 0 Å².